The number of carbonyl (C=O) groups excluding carboxylic acids is 3. The Morgan fingerprint density at radius 3 is 2.27 bits per heavy atom. The molecule has 2 aliphatic rings. The SMILES string of the molecule is CCC(Cc1ccccc1)C1OC(=O)C(C(c2cccc(NC(=O)NCc3ccccc3)c2)C2CC2)=C(O)C1=O. The topological polar surface area (TPSA) is 105 Å². The van der Waals surface area contributed by atoms with Gasteiger partial charge in [-0.15, -0.1) is 0 Å². The third-order valence-corrected chi connectivity index (χ3v) is 7.70. The lowest BCUT2D eigenvalue weighted by molar-refractivity contribution is -0.158. The quantitative estimate of drug-likeness (QED) is 0.272. The molecule has 1 aliphatic carbocycles. The standard InChI is InChI=1S/C33H34N2O5/c1-2-23(18-21-10-5-3-6-11-21)31-30(37)29(36)28(32(38)40-31)27(24-16-17-24)25-14-9-15-26(19-25)35-33(39)34-20-22-12-7-4-8-13-22/h3-15,19,23-24,27,31,36H,2,16-18,20H2,1H3,(H2,34,35,39). The monoisotopic (exact) mass is 538 g/mol. The largest absolute Gasteiger partial charge is 0.504 e. The number of Topliss-reactive ketones (excluding diaryl/α,β-unsaturated/α-hetero) is 1. The van der Waals surface area contributed by atoms with Crippen molar-refractivity contribution in [2.75, 3.05) is 5.32 Å². The predicted molar refractivity (Wildman–Crippen MR) is 153 cm³/mol. The van der Waals surface area contributed by atoms with Crippen LogP contribution in [-0.4, -0.2) is 29.0 Å². The Morgan fingerprint density at radius 2 is 1.62 bits per heavy atom. The second-order valence-electron chi connectivity index (χ2n) is 10.5. The molecule has 5 rings (SSSR count). The lowest BCUT2D eigenvalue weighted by Crippen LogP contribution is -2.42. The van der Waals surface area contributed by atoms with Gasteiger partial charge in [0.2, 0.25) is 5.78 Å². The zero-order valence-electron chi connectivity index (χ0n) is 22.5. The molecule has 3 atom stereocenters. The van der Waals surface area contributed by atoms with Crippen molar-refractivity contribution in [2.45, 2.75) is 51.2 Å². The lowest BCUT2D eigenvalue weighted by atomic mass is 9.81. The summed E-state index contributed by atoms with van der Waals surface area (Å²) in [4.78, 5) is 39.3. The van der Waals surface area contributed by atoms with Gasteiger partial charge in [-0.2, -0.15) is 0 Å². The summed E-state index contributed by atoms with van der Waals surface area (Å²) in [7, 11) is 0. The average Bonchev–Trinajstić information content (AvgIpc) is 3.81. The molecule has 3 N–H and O–H groups in total. The molecule has 0 aromatic heterocycles. The zero-order valence-corrected chi connectivity index (χ0v) is 22.5. The van der Waals surface area contributed by atoms with Crippen LogP contribution in [0.1, 0.15) is 48.8 Å². The van der Waals surface area contributed by atoms with Crippen molar-refractivity contribution in [3.05, 3.63) is 113 Å². The van der Waals surface area contributed by atoms with Crippen molar-refractivity contribution in [3.8, 4) is 0 Å². The van der Waals surface area contributed by atoms with E-state index in [1.807, 2.05) is 73.7 Å². The van der Waals surface area contributed by atoms with Crippen LogP contribution in [0.4, 0.5) is 10.5 Å². The summed E-state index contributed by atoms with van der Waals surface area (Å²) in [5, 5.41) is 16.8. The van der Waals surface area contributed by atoms with Gasteiger partial charge in [-0.3, -0.25) is 4.79 Å². The van der Waals surface area contributed by atoms with Crippen LogP contribution in [0, 0.1) is 11.8 Å². The Hall–Kier alpha value is -4.39. The van der Waals surface area contributed by atoms with E-state index in [1.165, 1.54) is 0 Å². The number of hydrogen-bond acceptors (Lipinski definition) is 5. The van der Waals surface area contributed by atoms with Gasteiger partial charge >= 0.3 is 12.0 Å². The Balaban J connectivity index is 1.34. The van der Waals surface area contributed by atoms with Gasteiger partial charge in [0.05, 0.1) is 5.57 Å². The molecule has 7 nitrogen and oxygen atoms in total. The van der Waals surface area contributed by atoms with Gasteiger partial charge in [-0.05, 0) is 60.4 Å². The van der Waals surface area contributed by atoms with Gasteiger partial charge < -0.3 is 20.5 Å². The van der Waals surface area contributed by atoms with Gasteiger partial charge in [0.15, 0.2) is 11.9 Å². The molecule has 0 bridgehead atoms. The van der Waals surface area contributed by atoms with E-state index in [0.717, 1.165) is 29.5 Å². The van der Waals surface area contributed by atoms with Crippen LogP contribution in [0.3, 0.4) is 0 Å². The van der Waals surface area contributed by atoms with E-state index in [2.05, 4.69) is 10.6 Å². The maximum Gasteiger partial charge on any atom is 0.339 e. The molecule has 3 aromatic rings. The van der Waals surface area contributed by atoms with Crippen LogP contribution in [0.15, 0.2) is 96.3 Å². The first-order valence-corrected chi connectivity index (χ1v) is 13.9. The predicted octanol–water partition coefficient (Wildman–Crippen LogP) is 6.08. The molecule has 2 amide bonds. The molecular weight excluding hydrogens is 504 g/mol. The number of ether oxygens (including phenoxy) is 1. The van der Waals surface area contributed by atoms with Crippen molar-refractivity contribution in [1.29, 1.82) is 0 Å². The number of carbonyl (C=O) groups is 3. The maximum atomic E-state index is 13.4. The third kappa shape index (κ3) is 6.25. The average molecular weight is 539 g/mol. The minimum absolute atomic E-state index is 0.0176. The summed E-state index contributed by atoms with van der Waals surface area (Å²) in [5.41, 5.74) is 3.33. The first kappa shape index (κ1) is 27.2. The number of esters is 1. The number of aliphatic hydroxyl groups is 1. The van der Waals surface area contributed by atoms with E-state index in [1.54, 1.807) is 18.2 Å². The molecule has 0 spiro atoms. The number of hydrogen-bond donors (Lipinski definition) is 3. The molecular formula is C33H34N2O5. The number of urea groups is 1. The lowest BCUT2D eigenvalue weighted by Gasteiger charge is -2.31. The molecule has 1 heterocycles. The van der Waals surface area contributed by atoms with Crippen molar-refractivity contribution in [3.63, 3.8) is 0 Å². The van der Waals surface area contributed by atoms with E-state index in [-0.39, 0.29) is 23.4 Å². The number of aliphatic hydroxyl groups excluding tert-OH is 1. The summed E-state index contributed by atoms with van der Waals surface area (Å²) in [5.74, 6) is -2.34. The highest BCUT2D eigenvalue weighted by Gasteiger charge is 2.47. The minimum Gasteiger partial charge on any atom is -0.504 e. The Bertz CT molecular complexity index is 1400. The van der Waals surface area contributed by atoms with Gasteiger partial charge in [0.25, 0.3) is 0 Å². The van der Waals surface area contributed by atoms with Crippen LogP contribution in [0.25, 0.3) is 0 Å². The Morgan fingerprint density at radius 1 is 0.950 bits per heavy atom. The number of amides is 2. The van der Waals surface area contributed by atoms with E-state index < -0.39 is 29.5 Å². The van der Waals surface area contributed by atoms with Gasteiger partial charge in [0, 0.05) is 24.1 Å². The second kappa shape index (κ2) is 12.2. The third-order valence-electron chi connectivity index (χ3n) is 7.70. The first-order valence-electron chi connectivity index (χ1n) is 13.9. The highest BCUT2D eigenvalue weighted by atomic mass is 16.6. The van der Waals surface area contributed by atoms with Crippen molar-refractivity contribution in [2.24, 2.45) is 11.8 Å². The summed E-state index contributed by atoms with van der Waals surface area (Å²) in [6.45, 7) is 2.34. The molecule has 1 saturated carbocycles. The number of anilines is 1. The Labute approximate surface area is 234 Å². The number of benzene rings is 3. The summed E-state index contributed by atoms with van der Waals surface area (Å²) >= 11 is 0. The molecule has 1 fully saturated rings. The summed E-state index contributed by atoms with van der Waals surface area (Å²) < 4.78 is 5.77. The van der Waals surface area contributed by atoms with Crippen molar-refractivity contribution >= 4 is 23.5 Å². The molecule has 3 aromatic carbocycles. The summed E-state index contributed by atoms with van der Waals surface area (Å²) in [6.07, 6.45) is 1.89. The number of nitrogens with one attached hydrogen (secondary N) is 2. The van der Waals surface area contributed by atoms with Crippen LogP contribution in [0.5, 0.6) is 0 Å². The maximum absolute atomic E-state index is 13.4. The number of ketones is 1. The van der Waals surface area contributed by atoms with E-state index in [9.17, 15) is 19.5 Å². The van der Waals surface area contributed by atoms with Crippen molar-refractivity contribution < 1.29 is 24.2 Å². The molecule has 3 unspecified atom stereocenters. The van der Waals surface area contributed by atoms with Crippen molar-refractivity contribution in [1.82, 2.24) is 5.32 Å². The van der Waals surface area contributed by atoms with Gasteiger partial charge in [0.1, 0.15) is 0 Å². The molecule has 206 valence electrons. The van der Waals surface area contributed by atoms with Gasteiger partial charge in [-0.1, -0.05) is 79.7 Å². The van der Waals surface area contributed by atoms with E-state index in [0.29, 0.717) is 25.1 Å². The summed E-state index contributed by atoms with van der Waals surface area (Å²) in [6, 6.07) is 26.2. The van der Waals surface area contributed by atoms with Crippen LogP contribution < -0.4 is 10.6 Å². The number of cyclic esters (lactones) is 1. The zero-order chi connectivity index (χ0) is 28.1. The molecule has 1 aliphatic heterocycles. The van der Waals surface area contributed by atoms with E-state index in [4.69, 9.17) is 4.74 Å². The number of rotatable bonds is 10. The fourth-order valence-corrected chi connectivity index (χ4v) is 5.43. The fourth-order valence-electron chi connectivity index (χ4n) is 5.43. The minimum atomic E-state index is -1.03. The van der Waals surface area contributed by atoms with Gasteiger partial charge in [-0.25, -0.2) is 9.59 Å². The Kier molecular flexibility index (Phi) is 8.29. The first-order chi connectivity index (χ1) is 19.4. The smallest absolute Gasteiger partial charge is 0.339 e. The van der Waals surface area contributed by atoms with E-state index >= 15 is 0 Å². The molecule has 0 radical (unpaired) electrons. The molecule has 7 heteroatoms. The highest BCUT2D eigenvalue weighted by Crippen LogP contribution is 2.49. The highest BCUT2D eigenvalue weighted by molar-refractivity contribution is 6.09. The molecule has 0 saturated heterocycles. The van der Waals surface area contributed by atoms with Crippen LogP contribution in [-0.2, 0) is 27.3 Å². The normalized spacial score (nSPS) is 18.6. The molecule has 40 heavy (non-hydrogen) atoms. The van der Waals surface area contributed by atoms with Crippen LogP contribution in [0.2, 0.25) is 0 Å². The second-order valence-corrected chi connectivity index (χ2v) is 10.5. The fraction of sp³-hybridized carbons (Fsp3) is 0.303. The van der Waals surface area contributed by atoms with Crippen LogP contribution >= 0.6 is 0 Å².